The average molecular weight is 476 g/mol. The van der Waals surface area contributed by atoms with Crippen molar-refractivity contribution in [1.82, 2.24) is 14.4 Å². The third-order valence-corrected chi connectivity index (χ3v) is 8.78. The topological polar surface area (TPSA) is 30.2 Å². The maximum atomic E-state index is 5.13. The highest BCUT2D eigenvalue weighted by Crippen LogP contribution is 2.48. The minimum Gasteiger partial charge on any atom is -0.291 e. The van der Waals surface area contributed by atoms with E-state index in [0.717, 1.165) is 22.2 Å². The van der Waals surface area contributed by atoms with Crippen LogP contribution in [0.2, 0.25) is 0 Å². The molecule has 9 rings (SSSR count). The second-order valence-corrected chi connectivity index (χ2v) is 10.4. The van der Waals surface area contributed by atoms with Crippen molar-refractivity contribution < 1.29 is 0 Å². The molecule has 9 aromatic rings. The Morgan fingerprint density at radius 2 is 1.33 bits per heavy atom. The summed E-state index contributed by atoms with van der Waals surface area (Å²) in [4.78, 5) is 10.2. The monoisotopic (exact) mass is 475 g/mol. The van der Waals surface area contributed by atoms with Crippen molar-refractivity contribution in [2.45, 2.75) is 0 Å². The van der Waals surface area contributed by atoms with E-state index in [4.69, 9.17) is 9.97 Å². The molecule has 0 aliphatic rings. The number of thiophene rings is 1. The van der Waals surface area contributed by atoms with E-state index in [-0.39, 0.29) is 0 Å². The first-order chi connectivity index (χ1) is 17.9. The fraction of sp³-hybridized carbons (Fsp3) is 0. The summed E-state index contributed by atoms with van der Waals surface area (Å²) in [5, 5.41) is 6.34. The van der Waals surface area contributed by atoms with E-state index in [1.54, 1.807) is 0 Å². The fourth-order valence-electron chi connectivity index (χ4n) is 5.98. The van der Waals surface area contributed by atoms with E-state index >= 15 is 0 Å². The molecule has 0 bridgehead atoms. The molecule has 4 heteroatoms. The first-order valence-corrected chi connectivity index (χ1v) is 12.9. The Kier molecular flexibility index (Phi) is 3.42. The van der Waals surface area contributed by atoms with Gasteiger partial charge in [-0.2, -0.15) is 0 Å². The zero-order valence-corrected chi connectivity index (χ0v) is 19.9. The SMILES string of the molecule is c1ccc(-c2cccc3c2sc2c3cc3c4nc5ccccc5nc4n4c5ccccc5c2c34)cc1. The van der Waals surface area contributed by atoms with Gasteiger partial charge in [0.2, 0.25) is 0 Å². The molecule has 0 saturated carbocycles. The highest BCUT2D eigenvalue weighted by Gasteiger charge is 2.24. The lowest BCUT2D eigenvalue weighted by molar-refractivity contribution is 1.28. The molecule has 4 aromatic heterocycles. The summed E-state index contributed by atoms with van der Waals surface area (Å²) in [6, 6.07) is 36.6. The van der Waals surface area contributed by atoms with Gasteiger partial charge < -0.3 is 0 Å². The lowest BCUT2D eigenvalue weighted by atomic mass is 10.0. The Morgan fingerprint density at radius 3 is 2.22 bits per heavy atom. The predicted octanol–water partition coefficient (Wildman–Crippen LogP) is 8.81. The Bertz CT molecular complexity index is 2310. The van der Waals surface area contributed by atoms with E-state index in [2.05, 4.69) is 89.3 Å². The number of fused-ring (bicyclic) bond motifs is 11. The molecule has 166 valence electrons. The summed E-state index contributed by atoms with van der Waals surface area (Å²) in [5.74, 6) is 0. The minimum atomic E-state index is 0.926. The summed E-state index contributed by atoms with van der Waals surface area (Å²) >= 11 is 1.90. The molecule has 3 nitrogen and oxygen atoms in total. The van der Waals surface area contributed by atoms with Crippen LogP contribution in [-0.4, -0.2) is 14.4 Å². The van der Waals surface area contributed by atoms with Crippen LogP contribution in [0.3, 0.4) is 0 Å². The van der Waals surface area contributed by atoms with Crippen LogP contribution in [0.25, 0.3) is 80.7 Å². The smallest absolute Gasteiger partial charge is 0.165 e. The zero-order chi connectivity index (χ0) is 23.4. The average Bonchev–Trinajstić information content (AvgIpc) is 3.58. The lowest BCUT2D eigenvalue weighted by Crippen LogP contribution is -1.88. The van der Waals surface area contributed by atoms with Crippen molar-refractivity contribution in [1.29, 1.82) is 0 Å². The van der Waals surface area contributed by atoms with E-state index in [9.17, 15) is 0 Å². The summed E-state index contributed by atoms with van der Waals surface area (Å²) < 4.78 is 5.00. The first-order valence-electron chi connectivity index (χ1n) is 12.1. The number of benzene rings is 5. The Balaban J connectivity index is 1.56. The number of rotatable bonds is 1. The zero-order valence-electron chi connectivity index (χ0n) is 19.1. The van der Waals surface area contributed by atoms with Crippen LogP contribution in [0.15, 0.2) is 103 Å². The van der Waals surface area contributed by atoms with Crippen LogP contribution in [0.1, 0.15) is 0 Å². The largest absolute Gasteiger partial charge is 0.291 e. The van der Waals surface area contributed by atoms with Crippen molar-refractivity contribution in [3.63, 3.8) is 0 Å². The Hall–Kier alpha value is -4.54. The van der Waals surface area contributed by atoms with Gasteiger partial charge in [0.15, 0.2) is 5.65 Å². The maximum Gasteiger partial charge on any atom is 0.165 e. The second-order valence-electron chi connectivity index (χ2n) is 9.41. The second kappa shape index (κ2) is 6.56. The molecule has 0 N–H and O–H groups in total. The molecule has 4 heterocycles. The number of nitrogens with zero attached hydrogens (tertiary/aromatic N) is 3. The fourth-order valence-corrected chi connectivity index (χ4v) is 7.35. The molecule has 5 aromatic carbocycles. The van der Waals surface area contributed by atoms with Gasteiger partial charge in [-0.3, -0.25) is 4.40 Å². The highest BCUT2D eigenvalue weighted by atomic mass is 32.1. The number of hydrogen-bond acceptors (Lipinski definition) is 3. The van der Waals surface area contributed by atoms with Gasteiger partial charge in [0.1, 0.15) is 5.52 Å². The van der Waals surface area contributed by atoms with Gasteiger partial charge >= 0.3 is 0 Å². The summed E-state index contributed by atoms with van der Waals surface area (Å²) in [7, 11) is 0. The maximum absolute atomic E-state index is 5.13. The van der Waals surface area contributed by atoms with Crippen LogP contribution in [0.4, 0.5) is 0 Å². The summed E-state index contributed by atoms with van der Waals surface area (Å²) in [6.45, 7) is 0. The molecular formula is C32H17N3S. The quantitative estimate of drug-likeness (QED) is 0.237. The van der Waals surface area contributed by atoms with E-state index < -0.39 is 0 Å². The normalized spacial score (nSPS) is 12.4. The standard InChI is InChI=1S/C32H17N3S/c1-2-9-18(10-3-1)19-12-8-13-20-22-17-23-28-32(34-25-15-6-5-14-24(25)33-28)35-26-16-7-4-11-21(26)27(29(23)35)31(22)36-30(19)20/h1-17H. The minimum absolute atomic E-state index is 0.926. The van der Waals surface area contributed by atoms with Gasteiger partial charge in [0.05, 0.1) is 22.1 Å². The van der Waals surface area contributed by atoms with Gasteiger partial charge in [0.25, 0.3) is 0 Å². The third kappa shape index (κ3) is 2.23. The van der Waals surface area contributed by atoms with Crippen molar-refractivity contribution in [2.24, 2.45) is 0 Å². The molecule has 0 spiro atoms. The number of aromatic nitrogens is 3. The summed E-state index contributed by atoms with van der Waals surface area (Å²) in [5.41, 5.74) is 8.71. The number of para-hydroxylation sites is 3. The molecule has 36 heavy (non-hydrogen) atoms. The molecule has 0 saturated heterocycles. The molecule has 0 atom stereocenters. The van der Waals surface area contributed by atoms with Crippen LogP contribution >= 0.6 is 11.3 Å². The third-order valence-electron chi connectivity index (χ3n) is 7.50. The van der Waals surface area contributed by atoms with Gasteiger partial charge in [-0.15, -0.1) is 11.3 Å². The lowest BCUT2D eigenvalue weighted by Gasteiger charge is -2.03. The van der Waals surface area contributed by atoms with Gasteiger partial charge in [0, 0.05) is 36.3 Å². The van der Waals surface area contributed by atoms with Crippen LogP contribution in [-0.2, 0) is 0 Å². The van der Waals surface area contributed by atoms with Gasteiger partial charge in [-0.25, -0.2) is 9.97 Å². The molecule has 0 amide bonds. The highest BCUT2D eigenvalue weighted by molar-refractivity contribution is 7.27. The van der Waals surface area contributed by atoms with Gasteiger partial charge in [-0.1, -0.05) is 78.9 Å². The molecule has 0 radical (unpaired) electrons. The van der Waals surface area contributed by atoms with E-state index in [1.807, 2.05) is 29.5 Å². The van der Waals surface area contributed by atoms with Crippen molar-refractivity contribution in [3.8, 4) is 11.1 Å². The van der Waals surface area contributed by atoms with Crippen molar-refractivity contribution in [3.05, 3.63) is 103 Å². The Labute approximate surface area is 209 Å². The van der Waals surface area contributed by atoms with Gasteiger partial charge in [-0.05, 0) is 35.4 Å². The van der Waals surface area contributed by atoms with E-state index in [1.165, 1.54) is 58.5 Å². The van der Waals surface area contributed by atoms with Crippen molar-refractivity contribution in [2.75, 3.05) is 0 Å². The molecule has 0 fully saturated rings. The molecule has 0 aliphatic carbocycles. The molecule has 0 aliphatic heterocycles. The Morgan fingerprint density at radius 1 is 0.583 bits per heavy atom. The van der Waals surface area contributed by atoms with Crippen LogP contribution < -0.4 is 0 Å². The van der Waals surface area contributed by atoms with E-state index in [0.29, 0.717) is 0 Å². The number of hydrogen-bond donors (Lipinski definition) is 0. The molecule has 0 unspecified atom stereocenters. The van der Waals surface area contributed by atoms with Crippen LogP contribution in [0.5, 0.6) is 0 Å². The first kappa shape index (κ1) is 18.7. The van der Waals surface area contributed by atoms with Crippen LogP contribution in [0, 0.1) is 0 Å². The molecular weight excluding hydrogens is 458 g/mol. The summed E-state index contributed by atoms with van der Waals surface area (Å²) in [6.07, 6.45) is 0. The van der Waals surface area contributed by atoms with Crippen molar-refractivity contribution >= 4 is 80.9 Å². The predicted molar refractivity (Wildman–Crippen MR) is 153 cm³/mol.